The highest BCUT2D eigenvalue weighted by atomic mass is 16.5. The molecule has 0 aliphatic rings. The number of hydrogen-bond acceptors (Lipinski definition) is 6. The fourth-order valence-corrected chi connectivity index (χ4v) is 1.32. The Hall–Kier alpha value is -2.18. The SMILES string of the molecule is CCOC(=O)Cc1nc(N)c2[nH]cnc2n1. The van der Waals surface area contributed by atoms with Gasteiger partial charge in [-0.05, 0) is 6.92 Å². The third kappa shape index (κ3) is 1.92. The number of nitrogens with one attached hydrogen (secondary N) is 1. The number of fused-ring (bicyclic) bond motifs is 1. The molecule has 0 atom stereocenters. The molecule has 0 spiro atoms. The highest BCUT2D eigenvalue weighted by Gasteiger charge is 2.11. The molecule has 0 radical (unpaired) electrons. The van der Waals surface area contributed by atoms with Crippen molar-refractivity contribution in [2.24, 2.45) is 0 Å². The van der Waals surface area contributed by atoms with Crippen LogP contribution < -0.4 is 5.73 Å². The second kappa shape index (κ2) is 4.13. The Balaban J connectivity index is 2.28. The van der Waals surface area contributed by atoms with Crippen LogP contribution in [0.3, 0.4) is 0 Å². The van der Waals surface area contributed by atoms with Crippen LogP contribution in [-0.4, -0.2) is 32.5 Å². The predicted octanol–water partition coefficient (Wildman–Crippen LogP) is 0.0407. The summed E-state index contributed by atoms with van der Waals surface area (Å²) in [5, 5.41) is 0. The lowest BCUT2D eigenvalue weighted by molar-refractivity contribution is -0.142. The third-order valence-electron chi connectivity index (χ3n) is 1.97. The number of ether oxygens (including phenoxy) is 1. The zero-order valence-corrected chi connectivity index (χ0v) is 8.73. The first-order chi connectivity index (χ1) is 7.70. The molecule has 0 aliphatic heterocycles. The number of nitrogen functional groups attached to an aromatic ring is 1. The first-order valence-electron chi connectivity index (χ1n) is 4.81. The Bertz CT molecular complexity index is 522. The summed E-state index contributed by atoms with van der Waals surface area (Å²) in [5.74, 6) is 0.217. The zero-order valence-electron chi connectivity index (χ0n) is 8.73. The maximum absolute atomic E-state index is 11.2. The lowest BCUT2D eigenvalue weighted by atomic mass is 10.4. The molecule has 0 unspecified atom stereocenters. The van der Waals surface area contributed by atoms with E-state index < -0.39 is 0 Å². The summed E-state index contributed by atoms with van der Waals surface area (Å²) in [7, 11) is 0. The van der Waals surface area contributed by atoms with Gasteiger partial charge in [0.25, 0.3) is 0 Å². The average Bonchev–Trinajstić information content (AvgIpc) is 2.66. The molecule has 2 heterocycles. The lowest BCUT2D eigenvalue weighted by Crippen LogP contribution is -2.11. The molecule has 0 saturated carbocycles. The fraction of sp³-hybridized carbons (Fsp3) is 0.333. The Labute approximate surface area is 91.1 Å². The molecule has 0 fully saturated rings. The normalized spacial score (nSPS) is 10.6. The van der Waals surface area contributed by atoms with Crippen molar-refractivity contribution < 1.29 is 9.53 Å². The predicted molar refractivity (Wildman–Crippen MR) is 56.4 cm³/mol. The minimum Gasteiger partial charge on any atom is -0.466 e. The van der Waals surface area contributed by atoms with Crippen molar-refractivity contribution in [1.82, 2.24) is 19.9 Å². The van der Waals surface area contributed by atoms with Crippen molar-refractivity contribution in [3.05, 3.63) is 12.2 Å². The van der Waals surface area contributed by atoms with E-state index in [1.807, 2.05) is 0 Å². The van der Waals surface area contributed by atoms with Gasteiger partial charge in [-0.1, -0.05) is 0 Å². The van der Waals surface area contributed by atoms with Gasteiger partial charge in [0.15, 0.2) is 11.5 Å². The van der Waals surface area contributed by atoms with Crippen LogP contribution in [0.2, 0.25) is 0 Å². The molecule has 3 N–H and O–H groups in total. The van der Waals surface area contributed by atoms with Crippen molar-refractivity contribution in [3.8, 4) is 0 Å². The van der Waals surface area contributed by atoms with Gasteiger partial charge in [-0.15, -0.1) is 0 Å². The first-order valence-corrected chi connectivity index (χ1v) is 4.81. The van der Waals surface area contributed by atoms with Crippen LogP contribution in [-0.2, 0) is 16.0 Å². The van der Waals surface area contributed by atoms with E-state index in [-0.39, 0.29) is 18.2 Å². The smallest absolute Gasteiger partial charge is 0.313 e. The molecule has 7 nitrogen and oxygen atoms in total. The first kappa shape index (κ1) is 10.3. The minimum absolute atomic E-state index is 0.000833. The van der Waals surface area contributed by atoms with Crippen molar-refractivity contribution in [2.45, 2.75) is 13.3 Å². The van der Waals surface area contributed by atoms with Crippen molar-refractivity contribution >= 4 is 23.0 Å². The molecule has 0 bridgehead atoms. The van der Waals surface area contributed by atoms with Crippen LogP contribution in [0.25, 0.3) is 11.2 Å². The maximum atomic E-state index is 11.2. The second-order valence-corrected chi connectivity index (χ2v) is 3.11. The van der Waals surface area contributed by atoms with E-state index in [0.717, 1.165) is 0 Å². The molecular weight excluding hydrogens is 210 g/mol. The van der Waals surface area contributed by atoms with Gasteiger partial charge in [0.2, 0.25) is 0 Å². The standard InChI is InChI=1S/C9H11N5O2/c1-2-16-6(15)3-5-13-8(10)7-9(14-5)12-4-11-7/h4H,2-3H2,1H3,(H3,10,11,12,13,14). The number of rotatable bonds is 3. The van der Waals surface area contributed by atoms with Crippen LogP contribution in [0, 0.1) is 0 Å². The van der Waals surface area contributed by atoms with E-state index in [9.17, 15) is 4.79 Å². The van der Waals surface area contributed by atoms with Crippen molar-refractivity contribution in [1.29, 1.82) is 0 Å². The van der Waals surface area contributed by atoms with Crippen LogP contribution in [0.5, 0.6) is 0 Å². The summed E-state index contributed by atoms with van der Waals surface area (Å²) < 4.78 is 4.79. The highest BCUT2D eigenvalue weighted by molar-refractivity contribution is 5.81. The molecule has 2 aromatic rings. The number of hydrogen-bond donors (Lipinski definition) is 2. The Kier molecular flexibility index (Phi) is 2.67. The summed E-state index contributed by atoms with van der Waals surface area (Å²) in [6.07, 6.45) is 1.48. The van der Waals surface area contributed by atoms with Crippen LogP contribution in [0.15, 0.2) is 6.33 Å². The molecule has 0 aromatic carbocycles. The molecular formula is C9H11N5O2. The quantitative estimate of drug-likeness (QED) is 0.708. The number of aromatic nitrogens is 4. The summed E-state index contributed by atoms with van der Waals surface area (Å²) >= 11 is 0. The maximum Gasteiger partial charge on any atom is 0.313 e. The average molecular weight is 221 g/mol. The third-order valence-corrected chi connectivity index (χ3v) is 1.97. The number of esters is 1. The van der Waals surface area contributed by atoms with Crippen LogP contribution in [0.1, 0.15) is 12.7 Å². The van der Waals surface area contributed by atoms with Gasteiger partial charge in [-0.3, -0.25) is 4.79 Å². The molecule has 0 aliphatic carbocycles. The Morgan fingerprint density at radius 2 is 2.38 bits per heavy atom. The number of nitrogens with zero attached hydrogens (tertiary/aromatic N) is 3. The minimum atomic E-state index is -0.378. The summed E-state index contributed by atoms with van der Waals surface area (Å²) in [4.78, 5) is 26.1. The number of carbonyl (C=O) groups excluding carboxylic acids is 1. The topological polar surface area (TPSA) is 107 Å². The fourth-order valence-electron chi connectivity index (χ4n) is 1.32. The molecule has 0 amide bonds. The molecule has 0 saturated heterocycles. The second-order valence-electron chi connectivity index (χ2n) is 3.11. The zero-order chi connectivity index (χ0) is 11.5. The molecule has 7 heteroatoms. The van der Waals surface area contributed by atoms with Crippen LogP contribution in [0.4, 0.5) is 5.82 Å². The Morgan fingerprint density at radius 1 is 1.56 bits per heavy atom. The number of carbonyl (C=O) groups is 1. The molecule has 16 heavy (non-hydrogen) atoms. The Morgan fingerprint density at radius 3 is 3.12 bits per heavy atom. The number of aromatic amines is 1. The summed E-state index contributed by atoms with van der Waals surface area (Å²) in [6.45, 7) is 2.07. The number of nitrogens with two attached hydrogens (primary N) is 1. The molecule has 2 aromatic heterocycles. The van der Waals surface area contributed by atoms with Crippen molar-refractivity contribution in [2.75, 3.05) is 12.3 Å². The lowest BCUT2D eigenvalue weighted by Gasteiger charge is -2.01. The summed E-state index contributed by atoms with van der Waals surface area (Å²) in [5.41, 5.74) is 6.70. The molecule has 2 rings (SSSR count). The van der Waals surface area contributed by atoms with Crippen molar-refractivity contribution in [3.63, 3.8) is 0 Å². The van der Waals surface area contributed by atoms with E-state index in [0.29, 0.717) is 23.6 Å². The monoisotopic (exact) mass is 221 g/mol. The van der Waals surface area contributed by atoms with Gasteiger partial charge < -0.3 is 15.5 Å². The van der Waals surface area contributed by atoms with Gasteiger partial charge in [0.05, 0.1) is 12.9 Å². The molecule has 84 valence electrons. The number of anilines is 1. The van der Waals surface area contributed by atoms with Gasteiger partial charge in [-0.2, -0.15) is 0 Å². The van der Waals surface area contributed by atoms with E-state index in [2.05, 4.69) is 19.9 Å². The van der Waals surface area contributed by atoms with Gasteiger partial charge >= 0.3 is 5.97 Å². The van der Waals surface area contributed by atoms with Gasteiger partial charge in [-0.25, -0.2) is 15.0 Å². The van der Waals surface area contributed by atoms with Gasteiger partial charge in [0, 0.05) is 0 Å². The largest absolute Gasteiger partial charge is 0.466 e. The summed E-state index contributed by atoms with van der Waals surface area (Å²) in [6, 6.07) is 0. The van der Waals surface area contributed by atoms with E-state index in [4.69, 9.17) is 10.5 Å². The number of H-pyrrole nitrogens is 1. The van der Waals surface area contributed by atoms with E-state index in [1.54, 1.807) is 6.92 Å². The van der Waals surface area contributed by atoms with E-state index >= 15 is 0 Å². The van der Waals surface area contributed by atoms with E-state index in [1.165, 1.54) is 6.33 Å². The van der Waals surface area contributed by atoms with Crippen LogP contribution >= 0.6 is 0 Å². The van der Waals surface area contributed by atoms with Gasteiger partial charge in [0.1, 0.15) is 17.8 Å². The highest BCUT2D eigenvalue weighted by Crippen LogP contribution is 2.12. The number of imidazole rings is 1.